The predicted octanol–water partition coefficient (Wildman–Crippen LogP) is 3.09. The molecule has 1 amide bonds. The van der Waals surface area contributed by atoms with Crippen molar-refractivity contribution in [3.05, 3.63) is 59.8 Å². The quantitative estimate of drug-likeness (QED) is 0.741. The molecule has 0 bridgehead atoms. The van der Waals surface area contributed by atoms with Crippen molar-refractivity contribution < 1.29 is 14.3 Å². The standard InChI is InChI=1S/C20H21N3O3/c1-14-17-5-3-4-6-18(17)23(22-14)20(25)12-11-19(24)21-13-15-7-9-16(26-2)10-8-15/h3-10H,11-13H2,1-2H3,(H,21,24). The van der Waals surface area contributed by atoms with Crippen molar-refractivity contribution >= 4 is 22.7 Å². The lowest BCUT2D eigenvalue weighted by Gasteiger charge is -2.06. The lowest BCUT2D eigenvalue weighted by Crippen LogP contribution is -2.24. The highest BCUT2D eigenvalue weighted by Gasteiger charge is 2.14. The van der Waals surface area contributed by atoms with E-state index in [9.17, 15) is 9.59 Å². The number of carbonyl (C=O) groups excluding carboxylic acids is 2. The van der Waals surface area contributed by atoms with E-state index in [1.54, 1.807) is 7.11 Å². The van der Waals surface area contributed by atoms with Crippen LogP contribution in [0.15, 0.2) is 48.5 Å². The maximum Gasteiger partial charge on any atom is 0.247 e. The second kappa shape index (κ2) is 7.82. The summed E-state index contributed by atoms with van der Waals surface area (Å²) in [6.45, 7) is 2.29. The van der Waals surface area contributed by atoms with Crippen molar-refractivity contribution in [1.82, 2.24) is 15.1 Å². The normalized spacial score (nSPS) is 10.7. The van der Waals surface area contributed by atoms with Crippen LogP contribution < -0.4 is 10.1 Å². The summed E-state index contributed by atoms with van der Waals surface area (Å²) >= 11 is 0. The molecular formula is C20H21N3O3. The van der Waals surface area contributed by atoms with E-state index in [1.165, 1.54) is 4.68 Å². The molecule has 0 fully saturated rings. The monoisotopic (exact) mass is 351 g/mol. The van der Waals surface area contributed by atoms with Gasteiger partial charge in [-0.3, -0.25) is 9.59 Å². The van der Waals surface area contributed by atoms with Gasteiger partial charge in [0.15, 0.2) is 0 Å². The summed E-state index contributed by atoms with van der Waals surface area (Å²) in [4.78, 5) is 24.5. The van der Waals surface area contributed by atoms with E-state index < -0.39 is 0 Å². The molecular weight excluding hydrogens is 330 g/mol. The number of methoxy groups -OCH3 is 1. The summed E-state index contributed by atoms with van der Waals surface area (Å²) in [6, 6.07) is 15.0. The van der Waals surface area contributed by atoms with Gasteiger partial charge in [0.1, 0.15) is 5.75 Å². The molecule has 0 aliphatic heterocycles. The molecule has 1 aromatic heterocycles. The Morgan fingerprint density at radius 3 is 2.54 bits per heavy atom. The largest absolute Gasteiger partial charge is 0.497 e. The summed E-state index contributed by atoms with van der Waals surface area (Å²) in [5.41, 5.74) is 2.55. The zero-order chi connectivity index (χ0) is 18.5. The molecule has 0 saturated heterocycles. The molecule has 0 unspecified atom stereocenters. The Hall–Kier alpha value is -3.15. The van der Waals surface area contributed by atoms with Gasteiger partial charge in [-0.05, 0) is 30.7 Å². The lowest BCUT2D eigenvalue weighted by molar-refractivity contribution is -0.121. The fourth-order valence-electron chi connectivity index (χ4n) is 2.77. The van der Waals surface area contributed by atoms with Gasteiger partial charge in [0, 0.05) is 24.8 Å². The third-order valence-corrected chi connectivity index (χ3v) is 4.22. The molecule has 6 heteroatoms. The van der Waals surface area contributed by atoms with Gasteiger partial charge in [-0.2, -0.15) is 9.78 Å². The minimum atomic E-state index is -0.186. The van der Waals surface area contributed by atoms with Crippen LogP contribution in [0.5, 0.6) is 5.75 Å². The zero-order valence-electron chi connectivity index (χ0n) is 14.9. The smallest absolute Gasteiger partial charge is 0.247 e. The molecule has 1 heterocycles. The fraction of sp³-hybridized carbons (Fsp3) is 0.250. The Balaban J connectivity index is 1.54. The topological polar surface area (TPSA) is 73.2 Å². The minimum Gasteiger partial charge on any atom is -0.497 e. The molecule has 3 rings (SSSR count). The number of nitrogens with one attached hydrogen (secondary N) is 1. The van der Waals surface area contributed by atoms with Gasteiger partial charge in [0.25, 0.3) is 0 Å². The van der Waals surface area contributed by atoms with Crippen LogP contribution in [0.4, 0.5) is 0 Å². The number of nitrogens with zero attached hydrogens (tertiary/aromatic N) is 2. The van der Waals surface area contributed by atoms with Crippen molar-refractivity contribution in [3.8, 4) is 5.75 Å². The predicted molar refractivity (Wildman–Crippen MR) is 99.2 cm³/mol. The van der Waals surface area contributed by atoms with Crippen molar-refractivity contribution in [2.75, 3.05) is 7.11 Å². The van der Waals surface area contributed by atoms with E-state index >= 15 is 0 Å². The van der Waals surface area contributed by atoms with Crippen molar-refractivity contribution in [2.24, 2.45) is 0 Å². The Morgan fingerprint density at radius 2 is 1.81 bits per heavy atom. The van der Waals surface area contributed by atoms with Crippen LogP contribution in [0.2, 0.25) is 0 Å². The van der Waals surface area contributed by atoms with E-state index in [-0.39, 0.29) is 24.7 Å². The van der Waals surface area contributed by atoms with E-state index in [0.29, 0.717) is 6.54 Å². The van der Waals surface area contributed by atoms with Crippen LogP contribution in [0, 0.1) is 6.92 Å². The molecule has 3 aromatic rings. The van der Waals surface area contributed by atoms with Crippen LogP contribution in [-0.4, -0.2) is 28.7 Å². The average molecular weight is 351 g/mol. The molecule has 0 radical (unpaired) electrons. The average Bonchev–Trinajstić information content (AvgIpc) is 3.02. The van der Waals surface area contributed by atoms with Crippen molar-refractivity contribution in [3.63, 3.8) is 0 Å². The second-order valence-electron chi connectivity index (χ2n) is 6.03. The summed E-state index contributed by atoms with van der Waals surface area (Å²) in [7, 11) is 1.61. The third-order valence-electron chi connectivity index (χ3n) is 4.22. The number of ether oxygens (including phenoxy) is 1. The summed E-state index contributed by atoms with van der Waals surface area (Å²) in [5.74, 6) is 0.420. The number of hydrogen-bond acceptors (Lipinski definition) is 4. The number of para-hydroxylation sites is 1. The molecule has 0 atom stereocenters. The van der Waals surface area contributed by atoms with Gasteiger partial charge in [-0.25, -0.2) is 0 Å². The zero-order valence-corrected chi connectivity index (χ0v) is 14.9. The molecule has 2 aromatic carbocycles. The van der Waals surface area contributed by atoms with E-state index in [0.717, 1.165) is 27.9 Å². The number of carbonyl (C=O) groups is 2. The van der Waals surface area contributed by atoms with Crippen LogP contribution in [0.1, 0.15) is 28.9 Å². The highest BCUT2D eigenvalue weighted by molar-refractivity contribution is 5.93. The number of fused-ring (bicyclic) bond motifs is 1. The lowest BCUT2D eigenvalue weighted by atomic mass is 10.2. The first-order valence-corrected chi connectivity index (χ1v) is 8.45. The highest BCUT2D eigenvalue weighted by Crippen LogP contribution is 2.18. The number of amides is 1. The first-order valence-electron chi connectivity index (χ1n) is 8.45. The highest BCUT2D eigenvalue weighted by atomic mass is 16.5. The van der Waals surface area contributed by atoms with Gasteiger partial charge >= 0.3 is 0 Å². The molecule has 0 saturated carbocycles. The Bertz CT molecular complexity index is 929. The van der Waals surface area contributed by atoms with Crippen LogP contribution >= 0.6 is 0 Å². The van der Waals surface area contributed by atoms with E-state index in [4.69, 9.17) is 4.74 Å². The maximum absolute atomic E-state index is 12.4. The second-order valence-corrected chi connectivity index (χ2v) is 6.03. The SMILES string of the molecule is COc1ccc(CNC(=O)CCC(=O)n2nc(C)c3ccccc32)cc1. The minimum absolute atomic E-state index is 0.111. The third kappa shape index (κ3) is 3.91. The molecule has 0 spiro atoms. The van der Waals surface area contributed by atoms with Gasteiger partial charge < -0.3 is 10.1 Å². The number of aryl methyl sites for hydroxylation is 1. The molecule has 0 aliphatic rings. The van der Waals surface area contributed by atoms with Gasteiger partial charge in [0.2, 0.25) is 11.8 Å². The molecule has 134 valence electrons. The number of hydrogen-bond donors (Lipinski definition) is 1. The number of aromatic nitrogens is 2. The van der Waals surface area contributed by atoms with Gasteiger partial charge in [-0.15, -0.1) is 0 Å². The van der Waals surface area contributed by atoms with E-state index in [1.807, 2.05) is 55.5 Å². The number of benzene rings is 2. The summed E-state index contributed by atoms with van der Waals surface area (Å²) < 4.78 is 6.49. The Kier molecular flexibility index (Phi) is 5.31. The maximum atomic E-state index is 12.4. The first-order chi connectivity index (χ1) is 12.6. The Labute approximate surface area is 151 Å². The molecule has 6 nitrogen and oxygen atoms in total. The fourth-order valence-corrected chi connectivity index (χ4v) is 2.77. The van der Waals surface area contributed by atoms with E-state index in [2.05, 4.69) is 10.4 Å². The van der Waals surface area contributed by atoms with Gasteiger partial charge in [-0.1, -0.05) is 30.3 Å². The first kappa shape index (κ1) is 17.7. The number of rotatable bonds is 6. The van der Waals surface area contributed by atoms with Gasteiger partial charge in [0.05, 0.1) is 18.3 Å². The summed E-state index contributed by atoms with van der Waals surface area (Å²) in [6.07, 6.45) is 0.238. The van der Waals surface area contributed by atoms with Crippen molar-refractivity contribution in [2.45, 2.75) is 26.3 Å². The Morgan fingerprint density at radius 1 is 1.08 bits per heavy atom. The van der Waals surface area contributed by atoms with Crippen LogP contribution in [-0.2, 0) is 11.3 Å². The van der Waals surface area contributed by atoms with Crippen LogP contribution in [0.25, 0.3) is 10.9 Å². The molecule has 1 N–H and O–H groups in total. The molecule has 26 heavy (non-hydrogen) atoms. The van der Waals surface area contributed by atoms with Crippen molar-refractivity contribution in [1.29, 1.82) is 0 Å². The summed E-state index contributed by atoms with van der Waals surface area (Å²) in [5, 5.41) is 8.07. The molecule has 0 aliphatic carbocycles. The van der Waals surface area contributed by atoms with Crippen LogP contribution in [0.3, 0.4) is 0 Å².